The van der Waals surface area contributed by atoms with Crippen LogP contribution in [0, 0.1) is 0 Å². The van der Waals surface area contributed by atoms with Gasteiger partial charge in [0.1, 0.15) is 5.58 Å². The highest BCUT2D eigenvalue weighted by Gasteiger charge is 2.11. The second-order valence-electron chi connectivity index (χ2n) is 4.66. The Labute approximate surface area is 150 Å². The Hall–Kier alpha value is -1.82. The third-order valence-electron chi connectivity index (χ3n) is 3.03. The molecule has 1 aromatic heterocycles. The first-order chi connectivity index (χ1) is 11.0. The highest BCUT2D eigenvalue weighted by Crippen LogP contribution is 2.23. The van der Waals surface area contributed by atoms with Crippen molar-refractivity contribution in [3.05, 3.63) is 68.3 Å². The number of rotatable bonds is 3. The van der Waals surface area contributed by atoms with Gasteiger partial charge in [-0.25, -0.2) is 5.43 Å². The van der Waals surface area contributed by atoms with Crippen LogP contribution in [0.25, 0.3) is 11.0 Å². The summed E-state index contributed by atoms with van der Waals surface area (Å²) in [5.41, 5.74) is 3.67. The molecule has 2 aromatic carbocycles. The zero-order valence-electron chi connectivity index (χ0n) is 11.5. The fourth-order valence-electron chi connectivity index (χ4n) is 1.95. The number of nitrogens with one attached hydrogen (secondary N) is 1. The molecule has 0 radical (unpaired) electrons. The standard InChI is InChI=1S/C16H9BrCl2N2O2/c17-11-2-4-14-10(5-11)6-15(23-14)16(22)21-20-8-9-1-3-12(18)7-13(9)19/h1-8H,(H,21,22)/b20-8+. The van der Waals surface area contributed by atoms with Gasteiger partial charge in [-0.2, -0.15) is 5.10 Å². The van der Waals surface area contributed by atoms with E-state index in [1.165, 1.54) is 6.21 Å². The van der Waals surface area contributed by atoms with Crippen molar-refractivity contribution in [2.24, 2.45) is 5.10 Å². The maximum atomic E-state index is 12.0. The van der Waals surface area contributed by atoms with Gasteiger partial charge in [0.05, 0.1) is 11.2 Å². The van der Waals surface area contributed by atoms with Crippen molar-refractivity contribution in [1.29, 1.82) is 0 Å². The number of nitrogens with zero attached hydrogens (tertiary/aromatic N) is 1. The summed E-state index contributed by atoms with van der Waals surface area (Å²) in [6.45, 7) is 0. The summed E-state index contributed by atoms with van der Waals surface area (Å²) in [5.74, 6) is -0.267. The third kappa shape index (κ3) is 3.75. The molecule has 0 saturated heterocycles. The monoisotopic (exact) mass is 410 g/mol. The number of hydrogen-bond donors (Lipinski definition) is 1. The molecule has 0 atom stereocenters. The minimum absolute atomic E-state index is 0.178. The summed E-state index contributed by atoms with van der Waals surface area (Å²) in [5, 5.41) is 5.68. The van der Waals surface area contributed by atoms with Crippen LogP contribution in [0.1, 0.15) is 16.1 Å². The van der Waals surface area contributed by atoms with Crippen molar-refractivity contribution in [2.45, 2.75) is 0 Å². The van der Waals surface area contributed by atoms with Crippen LogP contribution in [0.15, 0.2) is 56.5 Å². The average molecular weight is 412 g/mol. The maximum absolute atomic E-state index is 12.0. The van der Waals surface area contributed by atoms with E-state index >= 15 is 0 Å². The molecular formula is C16H9BrCl2N2O2. The highest BCUT2D eigenvalue weighted by molar-refractivity contribution is 9.10. The van der Waals surface area contributed by atoms with Crippen molar-refractivity contribution in [2.75, 3.05) is 0 Å². The Morgan fingerprint density at radius 1 is 1.17 bits per heavy atom. The van der Waals surface area contributed by atoms with Crippen molar-refractivity contribution in [3.8, 4) is 0 Å². The van der Waals surface area contributed by atoms with E-state index in [4.69, 9.17) is 27.6 Å². The van der Waals surface area contributed by atoms with Gasteiger partial charge in [-0.15, -0.1) is 0 Å². The van der Waals surface area contributed by atoms with E-state index in [0.29, 0.717) is 21.2 Å². The smallest absolute Gasteiger partial charge is 0.307 e. The van der Waals surface area contributed by atoms with E-state index in [0.717, 1.165) is 9.86 Å². The van der Waals surface area contributed by atoms with Gasteiger partial charge < -0.3 is 4.42 Å². The summed E-state index contributed by atoms with van der Waals surface area (Å²) < 4.78 is 6.39. The van der Waals surface area contributed by atoms with Crippen LogP contribution in [0.3, 0.4) is 0 Å². The molecule has 116 valence electrons. The third-order valence-corrected chi connectivity index (χ3v) is 4.09. The zero-order valence-corrected chi connectivity index (χ0v) is 14.6. The lowest BCUT2D eigenvalue weighted by molar-refractivity contribution is 0.0929. The molecule has 0 unspecified atom stereocenters. The fraction of sp³-hybridized carbons (Fsp3) is 0. The maximum Gasteiger partial charge on any atom is 0.307 e. The number of carbonyl (C=O) groups excluding carboxylic acids is 1. The summed E-state index contributed by atoms with van der Waals surface area (Å²) in [7, 11) is 0. The molecule has 0 saturated carbocycles. The summed E-state index contributed by atoms with van der Waals surface area (Å²) in [4.78, 5) is 12.0. The number of furan rings is 1. The molecule has 3 rings (SSSR count). The fourth-order valence-corrected chi connectivity index (χ4v) is 2.78. The van der Waals surface area contributed by atoms with Crippen molar-refractivity contribution in [3.63, 3.8) is 0 Å². The lowest BCUT2D eigenvalue weighted by Gasteiger charge is -1.98. The molecule has 0 bridgehead atoms. The van der Waals surface area contributed by atoms with E-state index in [1.807, 2.05) is 12.1 Å². The molecule has 23 heavy (non-hydrogen) atoms. The molecule has 0 aliphatic carbocycles. The Morgan fingerprint density at radius 3 is 2.78 bits per heavy atom. The number of hydrogen-bond acceptors (Lipinski definition) is 3. The van der Waals surface area contributed by atoms with Crippen LogP contribution in [-0.2, 0) is 0 Å². The van der Waals surface area contributed by atoms with Crippen LogP contribution in [0.2, 0.25) is 10.0 Å². The zero-order chi connectivity index (χ0) is 16.4. The van der Waals surface area contributed by atoms with E-state index in [1.54, 1.807) is 30.3 Å². The van der Waals surface area contributed by atoms with E-state index < -0.39 is 5.91 Å². The summed E-state index contributed by atoms with van der Waals surface area (Å²) in [6, 6.07) is 12.1. The first kappa shape index (κ1) is 16.1. The van der Waals surface area contributed by atoms with Gasteiger partial charge in [0, 0.05) is 20.4 Å². The van der Waals surface area contributed by atoms with Gasteiger partial charge in [0.15, 0.2) is 5.76 Å². The minimum Gasteiger partial charge on any atom is -0.451 e. The Kier molecular flexibility index (Phi) is 4.71. The first-order valence-electron chi connectivity index (χ1n) is 6.50. The van der Waals surface area contributed by atoms with Crippen molar-refractivity contribution in [1.82, 2.24) is 5.43 Å². The van der Waals surface area contributed by atoms with Gasteiger partial charge in [-0.05, 0) is 36.4 Å². The molecular weight excluding hydrogens is 403 g/mol. The summed E-state index contributed by atoms with van der Waals surface area (Å²) in [6.07, 6.45) is 1.44. The quantitative estimate of drug-likeness (QED) is 0.471. The number of benzene rings is 2. The largest absolute Gasteiger partial charge is 0.451 e. The molecule has 7 heteroatoms. The molecule has 0 aliphatic heterocycles. The molecule has 1 amide bonds. The van der Waals surface area contributed by atoms with Crippen molar-refractivity contribution < 1.29 is 9.21 Å². The molecule has 4 nitrogen and oxygen atoms in total. The van der Waals surface area contributed by atoms with Crippen LogP contribution >= 0.6 is 39.1 Å². The Bertz CT molecular complexity index is 922. The van der Waals surface area contributed by atoms with E-state index in [2.05, 4.69) is 26.5 Å². The summed E-state index contributed by atoms with van der Waals surface area (Å²) >= 11 is 15.2. The van der Waals surface area contributed by atoms with Gasteiger partial charge in [-0.3, -0.25) is 4.79 Å². The number of hydrazone groups is 1. The SMILES string of the molecule is O=C(N/N=C/c1ccc(Cl)cc1Cl)c1cc2cc(Br)ccc2o1. The van der Waals surface area contributed by atoms with Crippen LogP contribution in [-0.4, -0.2) is 12.1 Å². The van der Waals surface area contributed by atoms with Crippen LogP contribution < -0.4 is 5.43 Å². The number of carbonyl (C=O) groups is 1. The Morgan fingerprint density at radius 2 is 2.00 bits per heavy atom. The molecule has 3 aromatic rings. The molecule has 1 N–H and O–H groups in total. The topological polar surface area (TPSA) is 54.6 Å². The van der Waals surface area contributed by atoms with E-state index in [-0.39, 0.29) is 5.76 Å². The molecule has 1 heterocycles. The number of fused-ring (bicyclic) bond motifs is 1. The van der Waals surface area contributed by atoms with Crippen molar-refractivity contribution >= 4 is 62.2 Å². The molecule has 0 fully saturated rings. The van der Waals surface area contributed by atoms with Gasteiger partial charge in [-0.1, -0.05) is 45.2 Å². The predicted octanol–water partition coefficient (Wildman–Crippen LogP) is 5.27. The lowest BCUT2D eigenvalue weighted by atomic mass is 10.2. The second kappa shape index (κ2) is 6.74. The number of halogens is 3. The van der Waals surface area contributed by atoms with E-state index in [9.17, 15) is 4.79 Å². The minimum atomic E-state index is -0.446. The van der Waals surface area contributed by atoms with Gasteiger partial charge in [0.2, 0.25) is 0 Å². The Balaban J connectivity index is 1.74. The molecule has 0 aliphatic rings. The average Bonchev–Trinajstić information content (AvgIpc) is 2.92. The predicted molar refractivity (Wildman–Crippen MR) is 95.4 cm³/mol. The lowest BCUT2D eigenvalue weighted by Crippen LogP contribution is -2.16. The van der Waals surface area contributed by atoms with Crippen LogP contribution in [0.4, 0.5) is 0 Å². The van der Waals surface area contributed by atoms with Crippen LogP contribution in [0.5, 0.6) is 0 Å². The van der Waals surface area contributed by atoms with Gasteiger partial charge >= 0.3 is 5.91 Å². The molecule has 0 spiro atoms. The van der Waals surface area contributed by atoms with Gasteiger partial charge in [0.25, 0.3) is 0 Å². The number of amides is 1. The first-order valence-corrected chi connectivity index (χ1v) is 8.05. The highest BCUT2D eigenvalue weighted by atomic mass is 79.9. The second-order valence-corrected chi connectivity index (χ2v) is 6.42. The normalized spacial score (nSPS) is 11.3.